The fourth-order valence-electron chi connectivity index (χ4n) is 4.54. The van der Waals surface area contributed by atoms with E-state index >= 15 is 0 Å². The van der Waals surface area contributed by atoms with Gasteiger partial charge in [0.25, 0.3) is 5.91 Å². The molecule has 3 aromatic rings. The molecule has 1 amide bonds. The van der Waals surface area contributed by atoms with Crippen molar-refractivity contribution in [2.75, 3.05) is 19.8 Å². The van der Waals surface area contributed by atoms with Gasteiger partial charge in [-0.2, -0.15) is 0 Å². The standard InChI is InChI=1S/C31H36BrN3O4/c1-2-3-7-19-33-35-30(37)31(22-23-11-15-26(32)16-12-23)28(24-9-5-4-6-10-24)39-29(34-31)25-13-17-27(18-14-25)38-21-8-20-36/h4-6,9-18,28,33,36H,2-3,7-8,19-22H2,1H3,(H,35,37)/t28-,31-/m0/s1. The molecule has 0 saturated heterocycles. The molecule has 1 heterocycles. The van der Waals surface area contributed by atoms with Crippen LogP contribution in [0.4, 0.5) is 0 Å². The molecule has 0 saturated carbocycles. The van der Waals surface area contributed by atoms with Crippen LogP contribution in [-0.4, -0.2) is 42.2 Å². The number of carbonyl (C=O) groups excluding carboxylic acids is 1. The number of amides is 1. The van der Waals surface area contributed by atoms with E-state index in [1.165, 1.54) is 0 Å². The van der Waals surface area contributed by atoms with E-state index in [2.05, 4.69) is 33.7 Å². The van der Waals surface area contributed by atoms with Gasteiger partial charge in [0.15, 0.2) is 11.6 Å². The van der Waals surface area contributed by atoms with E-state index in [0.29, 0.717) is 37.6 Å². The minimum absolute atomic E-state index is 0.0829. The van der Waals surface area contributed by atoms with Crippen LogP contribution in [0, 0.1) is 0 Å². The van der Waals surface area contributed by atoms with E-state index in [4.69, 9.17) is 19.6 Å². The van der Waals surface area contributed by atoms with Crippen molar-refractivity contribution in [1.29, 1.82) is 0 Å². The van der Waals surface area contributed by atoms with Crippen molar-refractivity contribution in [2.24, 2.45) is 4.99 Å². The quantitative estimate of drug-likeness (QED) is 0.169. The molecule has 0 aliphatic carbocycles. The number of rotatable bonds is 14. The lowest BCUT2D eigenvalue weighted by Gasteiger charge is -2.31. The van der Waals surface area contributed by atoms with E-state index in [0.717, 1.165) is 40.4 Å². The monoisotopic (exact) mass is 593 g/mol. The number of hydrogen-bond acceptors (Lipinski definition) is 6. The Morgan fingerprint density at radius 2 is 1.77 bits per heavy atom. The predicted molar refractivity (Wildman–Crippen MR) is 157 cm³/mol. The normalized spacial score (nSPS) is 18.3. The van der Waals surface area contributed by atoms with Crippen LogP contribution < -0.4 is 15.6 Å². The third kappa shape index (κ3) is 7.47. The Bertz CT molecular complexity index is 1220. The molecule has 0 radical (unpaired) electrons. The summed E-state index contributed by atoms with van der Waals surface area (Å²) in [7, 11) is 0. The second-order valence-corrected chi connectivity index (χ2v) is 10.5. The summed E-state index contributed by atoms with van der Waals surface area (Å²) in [6, 6.07) is 25.2. The van der Waals surface area contributed by atoms with E-state index < -0.39 is 11.6 Å². The van der Waals surface area contributed by atoms with Crippen LogP contribution in [0.5, 0.6) is 5.75 Å². The summed E-state index contributed by atoms with van der Waals surface area (Å²) >= 11 is 3.51. The van der Waals surface area contributed by atoms with Gasteiger partial charge in [0.05, 0.1) is 6.61 Å². The number of hydrogen-bond donors (Lipinski definition) is 3. The number of hydrazine groups is 1. The number of nitrogens with one attached hydrogen (secondary N) is 2. The molecule has 3 aromatic carbocycles. The number of carbonyl (C=O) groups is 1. The van der Waals surface area contributed by atoms with Crippen molar-refractivity contribution in [1.82, 2.24) is 10.9 Å². The summed E-state index contributed by atoms with van der Waals surface area (Å²) in [5.41, 5.74) is 7.41. The Balaban J connectivity index is 1.69. The first-order valence-corrected chi connectivity index (χ1v) is 14.3. The number of ether oxygens (including phenoxy) is 2. The number of benzene rings is 3. The molecule has 4 rings (SSSR count). The third-order valence-electron chi connectivity index (χ3n) is 6.63. The molecule has 7 nitrogen and oxygen atoms in total. The van der Waals surface area contributed by atoms with E-state index in [-0.39, 0.29) is 12.5 Å². The first-order valence-electron chi connectivity index (χ1n) is 13.5. The highest BCUT2D eigenvalue weighted by Crippen LogP contribution is 2.42. The Hall–Kier alpha value is -3.20. The molecule has 1 aliphatic rings. The van der Waals surface area contributed by atoms with Gasteiger partial charge in [-0.15, -0.1) is 0 Å². The van der Waals surface area contributed by atoms with Crippen LogP contribution in [0.25, 0.3) is 0 Å². The average Bonchev–Trinajstić information content (AvgIpc) is 3.35. The summed E-state index contributed by atoms with van der Waals surface area (Å²) in [6.45, 7) is 3.35. The first-order chi connectivity index (χ1) is 19.1. The molecule has 0 aromatic heterocycles. The molecular formula is C31H36BrN3O4. The van der Waals surface area contributed by atoms with Gasteiger partial charge in [0.1, 0.15) is 5.75 Å². The van der Waals surface area contributed by atoms with Crippen LogP contribution in [0.15, 0.2) is 88.3 Å². The zero-order valence-electron chi connectivity index (χ0n) is 22.2. The van der Waals surface area contributed by atoms with E-state index in [1.54, 1.807) is 0 Å². The summed E-state index contributed by atoms with van der Waals surface area (Å²) in [6.07, 6.45) is 3.45. The second-order valence-electron chi connectivity index (χ2n) is 9.59. The number of aliphatic hydroxyl groups is 1. The number of aliphatic hydroxyl groups excluding tert-OH is 1. The summed E-state index contributed by atoms with van der Waals surface area (Å²) in [5.74, 6) is 0.860. The Labute approximate surface area is 238 Å². The third-order valence-corrected chi connectivity index (χ3v) is 7.16. The summed E-state index contributed by atoms with van der Waals surface area (Å²) in [4.78, 5) is 19.1. The fraction of sp³-hybridized carbons (Fsp3) is 0.355. The lowest BCUT2D eigenvalue weighted by atomic mass is 9.82. The smallest absolute Gasteiger partial charge is 0.266 e. The zero-order valence-corrected chi connectivity index (χ0v) is 23.8. The maximum Gasteiger partial charge on any atom is 0.266 e. The highest BCUT2D eigenvalue weighted by atomic mass is 79.9. The molecule has 8 heteroatoms. The van der Waals surface area contributed by atoms with Crippen molar-refractivity contribution in [3.8, 4) is 5.75 Å². The molecule has 3 N–H and O–H groups in total. The van der Waals surface area contributed by atoms with Crippen LogP contribution in [0.2, 0.25) is 0 Å². The summed E-state index contributed by atoms with van der Waals surface area (Å²) < 4.78 is 13.2. The minimum Gasteiger partial charge on any atom is -0.494 e. The maximum atomic E-state index is 14.0. The van der Waals surface area contributed by atoms with Crippen LogP contribution in [-0.2, 0) is 16.0 Å². The van der Waals surface area contributed by atoms with E-state index in [1.807, 2.05) is 78.9 Å². The van der Waals surface area contributed by atoms with Gasteiger partial charge in [-0.1, -0.05) is 78.2 Å². The predicted octanol–water partition coefficient (Wildman–Crippen LogP) is 5.52. The number of aliphatic imine (C=N–C) groups is 1. The fourth-order valence-corrected chi connectivity index (χ4v) is 4.80. The van der Waals surface area contributed by atoms with Crippen molar-refractivity contribution < 1.29 is 19.4 Å². The van der Waals surface area contributed by atoms with Crippen molar-refractivity contribution in [2.45, 2.75) is 50.7 Å². The highest BCUT2D eigenvalue weighted by molar-refractivity contribution is 9.10. The van der Waals surface area contributed by atoms with Gasteiger partial charge in [0.2, 0.25) is 5.90 Å². The van der Waals surface area contributed by atoms with Crippen molar-refractivity contribution in [3.63, 3.8) is 0 Å². The molecular weight excluding hydrogens is 558 g/mol. The largest absolute Gasteiger partial charge is 0.494 e. The first kappa shape index (κ1) is 28.8. The van der Waals surface area contributed by atoms with Crippen LogP contribution in [0.1, 0.15) is 55.4 Å². The van der Waals surface area contributed by atoms with Crippen LogP contribution in [0.3, 0.4) is 0 Å². The molecule has 0 bridgehead atoms. The topological polar surface area (TPSA) is 92.2 Å². The molecule has 1 aliphatic heterocycles. The van der Waals surface area contributed by atoms with Gasteiger partial charge >= 0.3 is 0 Å². The average molecular weight is 595 g/mol. The molecule has 0 fully saturated rings. The van der Waals surface area contributed by atoms with E-state index in [9.17, 15) is 4.79 Å². The van der Waals surface area contributed by atoms with Gasteiger partial charge in [-0.25, -0.2) is 10.4 Å². The zero-order chi connectivity index (χ0) is 27.5. The van der Waals surface area contributed by atoms with Crippen LogP contribution >= 0.6 is 15.9 Å². The lowest BCUT2D eigenvalue weighted by Crippen LogP contribution is -2.54. The molecule has 206 valence electrons. The lowest BCUT2D eigenvalue weighted by molar-refractivity contribution is -0.130. The Morgan fingerprint density at radius 3 is 2.46 bits per heavy atom. The Morgan fingerprint density at radius 1 is 1.03 bits per heavy atom. The van der Waals surface area contributed by atoms with Crippen molar-refractivity contribution in [3.05, 3.63) is 100 Å². The molecule has 0 unspecified atom stereocenters. The highest BCUT2D eigenvalue weighted by Gasteiger charge is 2.53. The van der Waals surface area contributed by atoms with Crippen molar-refractivity contribution >= 4 is 27.7 Å². The maximum absolute atomic E-state index is 14.0. The molecule has 2 atom stereocenters. The molecule has 0 spiro atoms. The van der Waals surface area contributed by atoms with Gasteiger partial charge in [-0.05, 0) is 53.9 Å². The molecule has 39 heavy (non-hydrogen) atoms. The van der Waals surface area contributed by atoms with Gasteiger partial charge in [-0.3, -0.25) is 10.2 Å². The second kappa shape index (κ2) is 14.3. The Kier molecular flexibility index (Phi) is 10.5. The van der Waals surface area contributed by atoms with Gasteiger partial charge in [0, 0.05) is 36.0 Å². The number of unbranched alkanes of at least 4 members (excludes halogenated alkanes) is 2. The van der Waals surface area contributed by atoms with Gasteiger partial charge < -0.3 is 14.6 Å². The minimum atomic E-state index is -1.24. The SMILES string of the molecule is CCCCCNNC(=O)[C@@]1(Cc2ccc(Br)cc2)N=C(c2ccc(OCCCO)cc2)O[C@H]1c1ccccc1. The number of nitrogens with zero attached hydrogens (tertiary/aromatic N) is 1. The summed E-state index contributed by atoms with van der Waals surface area (Å²) in [5, 5.41) is 9.00. The number of halogens is 1.